The first-order chi connectivity index (χ1) is 13.1. The quantitative estimate of drug-likeness (QED) is 0.612. The Balaban J connectivity index is 1.72. The molecule has 0 atom stereocenters. The zero-order valence-electron chi connectivity index (χ0n) is 14.5. The van der Waals surface area contributed by atoms with Gasteiger partial charge in [0.2, 0.25) is 5.76 Å². The summed E-state index contributed by atoms with van der Waals surface area (Å²) in [6.45, 7) is 0.0644. The summed E-state index contributed by atoms with van der Waals surface area (Å²) < 4.78 is 16.1. The molecule has 7 nitrogen and oxygen atoms in total. The van der Waals surface area contributed by atoms with E-state index in [1.807, 2.05) is 0 Å². The number of aromatic hydroxyl groups is 1. The zero-order valence-corrected chi connectivity index (χ0v) is 14.5. The highest BCUT2D eigenvalue weighted by Gasteiger charge is 2.11. The average Bonchev–Trinajstić information content (AvgIpc) is 3.15. The van der Waals surface area contributed by atoms with E-state index in [4.69, 9.17) is 19.0 Å². The van der Waals surface area contributed by atoms with E-state index >= 15 is 0 Å². The predicted octanol–water partition coefficient (Wildman–Crippen LogP) is 4.02. The van der Waals surface area contributed by atoms with Gasteiger partial charge in [-0.25, -0.2) is 4.79 Å². The van der Waals surface area contributed by atoms with Gasteiger partial charge in [-0.3, -0.25) is 4.99 Å². The molecule has 0 saturated carbocycles. The smallest absolute Gasteiger partial charge is 0.371 e. The van der Waals surface area contributed by atoms with Crippen molar-refractivity contribution in [2.24, 2.45) is 4.99 Å². The number of phenolic OH excluding ortho intramolecular Hbond substituents is 1. The minimum absolute atomic E-state index is 0.0644. The van der Waals surface area contributed by atoms with Crippen LogP contribution < -0.4 is 9.47 Å². The summed E-state index contributed by atoms with van der Waals surface area (Å²) >= 11 is 0. The summed E-state index contributed by atoms with van der Waals surface area (Å²) in [7, 11) is 1.52. The van der Waals surface area contributed by atoms with E-state index in [0.29, 0.717) is 22.9 Å². The van der Waals surface area contributed by atoms with Crippen LogP contribution in [0.25, 0.3) is 0 Å². The van der Waals surface area contributed by atoms with Gasteiger partial charge in [0.25, 0.3) is 0 Å². The molecule has 3 rings (SSSR count). The fraction of sp³-hybridized carbons (Fsp3) is 0.100. The van der Waals surface area contributed by atoms with Crippen LogP contribution in [0.15, 0.2) is 64.0 Å². The second-order valence-electron chi connectivity index (χ2n) is 5.52. The molecule has 138 valence electrons. The number of carbonyl (C=O) groups is 1. The number of ether oxygens (including phenoxy) is 2. The van der Waals surface area contributed by atoms with Crippen molar-refractivity contribution in [2.75, 3.05) is 7.11 Å². The number of para-hydroxylation sites is 2. The first kappa shape index (κ1) is 18.1. The topological polar surface area (TPSA) is 101 Å². The highest BCUT2D eigenvalue weighted by molar-refractivity contribution is 5.84. The summed E-state index contributed by atoms with van der Waals surface area (Å²) in [5.41, 5.74) is 1.22. The van der Waals surface area contributed by atoms with Gasteiger partial charge in [0.15, 0.2) is 11.5 Å². The summed E-state index contributed by atoms with van der Waals surface area (Å²) in [5.74, 6) is 0.175. The van der Waals surface area contributed by atoms with Crippen molar-refractivity contribution < 1.29 is 28.9 Å². The number of rotatable bonds is 7. The van der Waals surface area contributed by atoms with Gasteiger partial charge in [-0.2, -0.15) is 0 Å². The van der Waals surface area contributed by atoms with Crippen LogP contribution in [0.2, 0.25) is 0 Å². The van der Waals surface area contributed by atoms with E-state index in [1.165, 1.54) is 13.2 Å². The van der Waals surface area contributed by atoms with Crippen LogP contribution in [0.1, 0.15) is 21.9 Å². The van der Waals surface area contributed by atoms with Crippen LogP contribution in [-0.2, 0) is 6.61 Å². The number of carboxylic acids is 1. The fourth-order valence-electron chi connectivity index (χ4n) is 2.32. The van der Waals surface area contributed by atoms with Gasteiger partial charge in [-0.1, -0.05) is 12.1 Å². The van der Waals surface area contributed by atoms with Crippen LogP contribution in [0.3, 0.4) is 0 Å². The molecule has 0 aliphatic carbocycles. The van der Waals surface area contributed by atoms with Crippen molar-refractivity contribution in [3.8, 4) is 17.2 Å². The highest BCUT2D eigenvalue weighted by atomic mass is 16.5. The van der Waals surface area contributed by atoms with Crippen molar-refractivity contribution in [1.29, 1.82) is 0 Å². The predicted molar refractivity (Wildman–Crippen MR) is 98.4 cm³/mol. The molecule has 7 heteroatoms. The number of benzene rings is 2. The second-order valence-corrected chi connectivity index (χ2v) is 5.52. The highest BCUT2D eigenvalue weighted by Crippen LogP contribution is 2.29. The molecule has 0 fully saturated rings. The van der Waals surface area contributed by atoms with Crippen LogP contribution in [0, 0.1) is 0 Å². The van der Waals surface area contributed by atoms with Gasteiger partial charge in [-0.15, -0.1) is 0 Å². The van der Waals surface area contributed by atoms with Crippen molar-refractivity contribution in [3.63, 3.8) is 0 Å². The number of aliphatic imine (C=N–C) groups is 1. The lowest BCUT2D eigenvalue weighted by molar-refractivity contribution is 0.0658. The van der Waals surface area contributed by atoms with E-state index in [9.17, 15) is 9.90 Å². The third-order valence-electron chi connectivity index (χ3n) is 3.66. The van der Waals surface area contributed by atoms with Crippen molar-refractivity contribution in [3.05, 3.63) is 71.7 Å². The first-order valence-corrected chi connectivity index (χ1v) is 8.01. The van der Waals surface area contributed by atoms with E-state index in [2.05, 4.69) is 4.99 Å². The maximum atomic E-state index is 10.8. The Bertz CT molecular complexity index is 976. The number of nitrogens with zero attached hydrogens (tertiary/aromatic N) is 1. The van der Waals surface area contributed by atoms with Crippen molar-refractivity contribution >= 4 is 17.9 Å². The Morgan fingerprint density at radius 2 is 1.96 bits per heavy atom. The molecule has 2 aromatic carbocycles. The van der Waals surface area contributed by atoms with E-state index in [1.54, 1.807) is 54.7 Å². The molecule has 3 aromatic rings. The number of hydrogen-bond acceptors (Lipinski definition) is 6. The molecule has 2 N–H and O–H groups in total. The normalized spacial score (nSPS) is 10.9. The average molecular weight is 367 g/mol. The molecule has 1 heterocycles. The Hall–Kier alpha value is -3.74. The van der Waals surface area contributed by atoms with Gasteiger partial charge in [0.05, 0.1) is 7.11 Å². The number of furan rings is 1. The third kappa shape index (κ3) is 4.46. The van der Waals surface area contributed by atoms with E-state index < -0.39 is 5.97 Å². The van der Waals surface area contributed by atoms with E-state index in [-0.39, 0.29) is 18.1 Å². The summed E-state index contributed by atoms with van der Waals surface area (Å²) in [6, 6.07) is 14.9. The minimum Gasteiger partial charge on any atom is -0.506 e. The molecule has 0 saturated heterocycles. The number of methoxy groups -OCH3 is 1. The lowest BCUT2D eigenvalue weighted by atomic mass is 10.2. The largest absolute Gasteiger partial charge is 0.506 e. The standard InChI is InChI=1S/C20H17NO6/c1-25-19-10-13(11-21-15-4-2-3-5-16(15)22)6-8-17(19)26-12-14-7-9-18(27-14)20(23)24/h2-11,22H,12H2,1H3,(H,23,24). The molecule has 0 bridgehead atoms. The zero-order chi connectivity index (χ0) is 19.2. The molecule has 0 aliphatic heterocycles. The van der Waals surface area contributed by atoms with Crippen LogP contribution in [-0.4, -0.2) is 29.5 Å². The van der Waals surface area contributed by atoms with Gasteiger partial charge in [-0.05, 0) is 48.0 Å². The van der Waals surface area contributed by atoms with Gasteiger partial charge < -0.3 is 24.1 Å². The Morgan fingerprint density at radius 3 is 2.67 bits per heavy atom. The number of phenols is 1. The number of carboxylic acid groups (broad SMARTS) is 1. The molecule has 0 aliphatic rings. The first-order valence-electron chi connectivity index (χ1n) is 8.01. The summed E-state index contributed by atoms with van der Waals surface area (Å²) in [5, 5.41) is 18.6. The van der Waals surface area contributed by atoms with Gasteiger partial charge >= 0.3 is 5.97 Å². The molecule has 0 amide bonds. The monoisotopic (exact) mass is 367 g/mol. The van der Waals surface area contributed by atoms with Gasteiger partial charge in [0.1, 0.15) is 23.8 Å². The third-order valence-corrected chi connectivity index (χ3v) is 3.66. The molecular weight excluding hydrogens is 350 g/mol. The Labute approximate surface area is 155 Å². The SMILES string of the molecule is COc1cc(C=Nc2ccccc2O)ccc1OCc1ccc(C(=O)O)o1. The van der Waals surface area contributed by atoms with E-state index in [0.717, 1.165) is 5.56 Å². The lowest BCUT2D eigenvalue weighted by Gasteiger charge is -2.10. The number of hydrogen-bond donors (Lipinski definition) is 2. The molecular formula is C20H17NO6. The molecule has 1 aromatic heterocycles. The van der Waals surface area contributed by atoms with Crippen LogP contribution in [0.5, 0.6) is 17.2 Å². The Morgan fingerprint density at radius 1 is 1.15 bits per heavy atom. The number of aromatic carboxylic acids is 1. The van der Waals surface area contributed by atoms with Gasteiger partial charge in [0, 0.05) is 6.21 Å². The summed E-state index contributed by atoms with van der Waals surface area (Å²) in [6.07, 6.45) is 1.60. The summed E-state index contributed by atoms with van der Waals surface area (Å²) in [4.78, 5) is 15.1. The minimum atomic E-state index is -1.13. The molecule has 0 unspecified atom stereocenters. The molecule has 0 radical (unpaired) electrons. The molecule has 0 spiro atoms. The van der Waals surface area contributed by atoms with Crippen molar-refractivity contribution in [2.45, 2.75) is 6.61 Å². The Kier molecular flexibility index (Phi) is 5.41. The van der Waals surface area contributed by atoms with Crippen LogP contribution in [0.4, 0.5) is 5.69 Å². The fourth-order valence-corrected chi connectivity index (χ4v) is 2.32. The second kappa shape index (κ2) is 8.09. The van der Waals surface area contributed by atoms with Crippen LogP contribution >= 0.6 is 0 Å². The maximum Gasteiger partial charge on any atom is 0.371 e. The maximum absolute atomic E-state index is 10.8. The molecule has 27 heavy (non-hydrogen) atoms. The lowest BCUT2D eigenvalue weighted by Crippen LogP contribution is -1.98. The van der Waals surface area contributed by atoms with Crippen molar-refractivity contribution in [1.82, 2.24) is 0 Å².